The average Bonchev–Trinajstić information content (AvgIpc) is 3.14. The third kappa shape index (κ3) is 4.61. The highest BCUT2D eigenvalue weighted by atomic mass is 16.5. The van der Waals surface area contributed by atoms with Crippen molar-refractivity contribution in [3.8, 4) is 5.75 Å². The molecule has 5 rings (SSSR count). The maximum atomic E-state index is 12.9. The number of hydrogen-bond donors (Lipinski definition) is 2. The van der Waals surface area contributed by atoms with Gasteiger partial charge in [-0.3, -0.25) is 24.7 Å². The molecule has 1 unspecified atom stereocenters. The summed E-state index contributed by atoms with van der Waals surface area (Å²) in [6.45, 7) is 1.05. The van der Waals surface area contributed by atoms with Crippen molar-refractivity contribution in [1.82, 2.24) is 20.5 Å². The van der Waals surface area contributed by atoms with Crippen LogP contribution in [0.4, 0.5) is 0 Å². The molecule has 1 aliphatic carbocycles. The van der Waals surface area contributed by atoms with E-state index >= 15 is 0 Å². The SMILES string of the molecule is O=C1CCC(N2Cc3cc(O[C@@H]4CCCC[C@@H]4NCc4ccccn4)ccc3C2=O)C(=O)N1. The molecule has 1 aromatic carbocycles. The van der Waals surface area contributed by atoms with Crippen molar-refractivity contribution in [2.45, 2.75) is 69.8 Å². The quantitative estimate of drug-likeness (QED) is 0.658. The largest absolute Gasteiger partial charge is 0.489 e. The smallest absolute Gasteiger partial charge is 0.255 e. The van der Waals surface area contributed by atoms with E-state index in [0.717, 1.165) is 36.3 Å². The van der Waals surface area contributed by atoms with E-state index in [1.807, 2.05) is 30.3 Å². The minimum absolute atomic E-state index is 0.0452. The number of carbonyl (C=O) groups is 3. The monoisotopic (exact) mass is 448 g/mol. The number of imide groups is 1. The Morgan fingerprint density at radius 3 is 2.79 bits per heavy atom. The Morgan fingerprint density at radius 2 is 1.97 bits per heavy atom. The zero-order valence-corrected chi connectivity index (χ0v) is 18.5. The van der Waals surface area contributed by atoms with Crippen LogP contribution in [0.1, 0.15) is 60.1 Å². The van der Waals surface area contributed by atoms with Gasteiger partial charge in [-0.1, -0.05) is 12.5 Å². The van der Waals surface area contributed by atoms with Crippen LogP contribution in [0.15, 0.2) is 42.6 Å². The van der Waals surface area contributed by atoms with E-state index in [1.165, 1.54) is 6.42 Å². The molecule has 172 valence electrons. The highest BCUT2D eigenvalue weighted by Gasteiger charge is 2.39. The molecule has 3 atom stereocenters. The van der Waals surface area contributed by atoms with Gasteiger partial charge in [-0.15, -0.1) is 0 Å². The Morgan fingerprint density at radius 1 is 1.09 bits per heavy atom. The van der Waals surface area contributed by atoms with Crippen LogP contribution in [0.5, 0.6) is 5.75 Å². The number of ether oxygens (including phenoxy) is 1. The van der Waals surface area contributed by atoms with Crippen LogP contribution in [-0.4, -0.2) is 45.8 Å². The highest BCUT2D eigenvalue weighted by molar-refractivity contribution is 6.05. The van der Waals surface area contributed by atoms with E-state index in [9.17, 15) is 14.4 Å². The standard InChI is InChI=1S/C25H28N4O4/c30-23-11-10-21(24(31)28-23)29-15-16-13-18(8-9-19(16)25(29)32)33-22-7-2-1-6-20(22)27-14-17-5-3-4-12-26-17/h3-5,8-9,12-13,20-22,27H,1-2,6-7,10-11,14-15H2,(H,28,30,31)/t20-,21?,22+/m0/s1. The summed E-state index contributed by atoms with van der Waals surface area (Å²) in [7, 11) is 0. The van der Waals surface area contributed by atoms with Crippen LogP contribution in [0.25, 0.3) is 0 Å². The third-order valence-electron chi connectivity index (χ3n) is 6.76. The average molecular weight is 449 g/mol. The lowest BCUT2D eigenvalue weighted by Crippen LogP contribution is -2.52. The molecule has 3 amide bonds. The first-order valence-electron chi connectivity index (χ1n) is 11.7. The number of amides is 3. The van der Waals surface area contributed by atoms with Crippen molar-refractivity contribution < 1.29 is 19.1 Å². The van der Waals surface area contributed by atoms with Gasteiger partial charge in [0.1, 0.15) is 17.9 Å². The minimum atomic E-state index is -0.606. The van der Waals surface area contributed by atoms with Gasteiger partial charge in [-0.05, 0) is 61.6 Å². The fourth-order valence-electron chi connectivity index (χ4n) is 5.01. The number of benzene rings is 1. The molecule has 0 radical (unpaired) electrons. The van der Waals surface area contributed by atoms with Crippen LogP contribution < -0.4 is 15.4 Å². The summed E-state index contributed by atoms with van der Waals surface area (Å²) in [5, 5.41) is 5.94. The molecule has 33 heavy (non-hydrogen) atoms. The fourth-order valence-corrected chi connectivity index (χ4v) is 5.01. The molecule has 3 heterocycles. The fraction of sp³-hybridized carbons (Fsp3) is 0.440. The molecule has 0 bridgehead atoms. The first kappa shape index (κ1) is 21.6. The van der Waals surface area contributed by atoms with Crippen LogP contribution in [0.2, 0.25) is 0 Å². The Bertz CT molecular complexity index is 1060. The zero-order valence-electron chi connectivity index (χ0n) is 18.5. The summed E-state index contributed by atoms with van der Waals surface area (Å²) in [4.78, 5) is 42.6. The van der Waals surface area contributed by atoms with Gasteiger partial charge >= 0.3 is 0 Å². The third-order valence-corrected chi connectivity index (χ3v) is 6.76. The molecule has 3 aliphatic rings. The topological polar surface area (TPSA) is 101 Å². The van der Waals surface area contributed by atoms with Gasteiger partial charge in [0.05, 0.1) is 5.69 Å². The number of piperidine rings is 1. The van der Waals surface area contributed by atoms with Crippen molar-refractivity contribution in [2.75, 3.05) is 0 Å². The van der Waals surface area contributed by atoms with E-state index in [1.54, 1.807) is 17.2 Å². The number of nitrogens with one attached hydrogen (secondary N) is 2. The number of pyridine rings is 1. The van der Waals surface area contributed by atoms with Crippen LogP contribution >= 0.6 is 0 Å². The Hall–Kier alpha value is -3.26. The molecular formula is C25H28N4O4. The van der Waals surface area contributed by atoms with Crippen molar-refractivity contribution >= 4 is 17.7 Å². The number of rotatable bonds is 6. The summed E-state index contributed by atoms with van der Waals surface area (Å²) < 4.78 is 6.40. The van der Waals surface area contributed by atoms with Crippen LogP contribution in [0, 0.1) is 0 Å². The van der Waals surface area contributed by atoms with E-state index in [2.05, 4.69) is 15.6 Å². The number of nitrogens with zero attached hydrogens (tertiary/aromatic N) is 2. The summed E-state index contributed by atoms with van der Waals surface area (Å²) >= 11 is 0. The lowest BCUT2D eigenvalue weighted by molar-refractivity contribution is -0.136. The Labute approximate surface area is 192 Å². The second kappa shape index (κ2) is 9.31. The lowest BCUT2D eigenvalue weighted by atomic mass is 9.92. The molecule has 2 aliphatic heterocycles. The van der Waals surface area contributed by atoms with Crippen molar-refractivity contribution in [2.24, 2.45) is 0 Å². The molecular weight excluding hydrogens is 420 g/mol. The Balaban J connectivity index is 1.25. The number of fused-ring (bicyclic) bond motifs is 1. The molecule has 2 N–H and O–H groups in total. The van der Waals surface area contributed by atoms with Crippen molar-refractivity contribution in [3.63, 3.8) is 0 Å². The lowest BCUT2D eigenvalue weighted by Gasteiger charge is -2.32. The van der Waals surface area contributed by atoms with E-state index < -0.39 is 11.9 Å². The molecule has 2 fully saturated rings. The molecule has 8 nitrogen and oxygen atoms in total. The first-order valence-corrected chi connectivity index (χ1v) is 11.7. The summed E-state index contributed by atoms with van der Waals surface area (Å²) in [5.41, 5.74) is 2.46. The zero-order chi connectivity index (χ0) is 22.8. The predicted octanol–water partition coefficient (Wildman–Crippen LogP) is 2.32. The van der Waals surface area contributed by atoms with Crippen LogP contribution in [0.3, 0.4) is 0 Å². The van der Waals surface area contributed by atoms with Gasteiger partial charge in [0.15, 0.2) is 0 Å². The van der Waals surface area contributed by atoms with E-state index in [0.29, 0.717) is 25.1 Å². The molecule has 1 aromatic heterocycles. The molecule has 1 saturated carbocycles. The second-order valence-corrected chi connectivity index (χ2v) is 8.97. The highest BCUT2D eigenvalue weighted by Crippen LogP contribution is 2.32. The van der Waals surface area contributed by atoms with E-state index in [4.69, 9.17) is 4.74 Å². The van der Waals surface area contributed by atoms with Gasteiger partial charge in [-0.25, -0.2) is 0 Å². The summed E-state index contributed by atoms with van der Waals surface area (Å²) in [5.74, 6) is -0.107. The number of aromatic nitrogens is 1. The van der Waals surface area contributed by atoms with Gasteiger partial charge < -0.3 is 15.0 Å². The van der Waals surface area contributed by atoms with Crippen molar-refractivity contribution in [3.05, 3.63) is 59.4 Å². The normalized spacial score (nSPS) is 25.0. The number of hydrogen-bond acceptors (Lipinski definition) is 6. The maximum Gasteiger partial charge on any atom is 0.255 e. The summed E-state index contributed by atoms with van der Waals surface area (Å²) in [6.07, 6.45) is 6.76. The van der Waals surface area contributed by atoms with Gasteiger partial charge in [-0.2, -0.15) is 0 Å². The minimum Gasteiger partial charge on any atom is -0.489 e. The van der Waals surface area contributed by atoms with Gasteiger partial charge in [0, 0.05) is 37.3 Å². The van der Waals surface area contributed by atoms with Crippen molar-refractivity contribution in [1.29, 1.82) is 0 Å². The van der Waals surface area contributed by atoms with E-state index in [-0.39, 0.29) is 30.4 Å². The number of carbonyl (C=O) groups excluding carboxylic acids is 3. The van der Waals surface area contributed by atoms with Gasteiger partial charge in [0.2, 0.25) is 11.8 Å². The summed E-state index contributed by atoms with van der Waals surface area (Å²) in [6, 6.07) is 11.1. The molecule has 8 heteroatoms. The maximum absolute atomic E-state index is 12.9. The van der Waals surface area contributed by atoms with Crippen LogP contribution in [-0.2, 0) is 22.7 Å². The molecule has 2 aromatic rings. The second-order valence-electron chi connectivity index (χ2n) is 8.97. The molecule has 1 saturated heterocycles. The first-order chi connectivity index (χ1) is 16.1. The Kier molecular flexibility index (Phi) is 6.09. The van der Waals surface area contributed by atoms with Gasteiger partial charge in [0.25, 0.3) is 5.91 Å². The predicted molar refractivity (Wildman–Crippen MR) is 120 cm³/mol. The molecule has 0 spiro atoms.